The van der Waals surface area contributed by atoms with Crippen molar-refractivity contribution in [3.8, 4) is 0 Å². The van der Waals surface area contributed by atoms with Gasteiger partial charge in [-0.15, -0.1) is 0 Å². The minimum Gasteiger partial charge on any atom is -0.325 e. The summed E-state index contributed by atoms with van der Waals surface area (Å²) in [5, 5.41) is 2.27. The topological polar surface area (TPSA) is 54.9 Å². The highest BCUT2D eigenvalue weighted by Crippen LogP contribution is 2.37. The fourth-order valence-corrected chi connectivity index (χ4v) is 2.32. The van der Waals surface area contributed by atoms with E-state index >= 15 is 0 Å². The van der Waals surface area contributed by atoms with Crippen molar-refractivity contribution in [2.24, 2.45) is 0 Å². The summed E-state index contributed by atoms with van der Waals surface area (Å²) in [5.74, 6) is -1.06. The standard InChI is InChI=1S/C14H9F6N3OS/c15-13(16,17)8-4-9(14(18,19)20)6-10(5-8)23-11(24)7-25-12-21-2-1-3-22-12/h1-6H,7H2,(H,23,24). The molecule has 0 atom stereocenters. The number of amides is 1. The molecule has 0 unspecified atom stereocenters. The zero-order valence-electron chi connectivity index (χ0n) is 12.1. The Hall–Kier alpha value is -2.30. The van der Waals surface area contributed by atoms with Crippen LogP contribution in [0.25, 0.3) is 0 Å². The summed E-state index contributed by atoms with van der Waals surface area (Å²) in [6.07, 6.45) is -7.11. The van der Waals surface area contributed by atoms with Gasteiger partial charge in [0.1, 0.15) is 0 Å². The van der Waals surface area contributed by atoms with E-state index in [9.17, 15) is 31.1 Å². The first-order valence-electron chi connectivity index (χ1n) is 6.55. The SMILES string of the molecule is O=C(CSc1ncccn1)Nc1cc(C(F)(F)F)cc(C(F)(F)F)c1. The van der Waals surface area contributed by atoms with E-state index in [1.165, 1.54) is 12.4 Å². The third-order valence-corrected chi connectivity index (χ3v) is 3.62. The van der Waals surface area contributed by atoms with E-state index < -0.39 is 35.1 Å². The Morgan fingerprint density at radius 2 is 1.48 bits per heavy atom. The van der Waals surface area contributed by atoms with Gasteiger partial charge in [-0.2, -0.15) is 26.3 Å². The fraction of sp³-hybridized carbons (Fsp3) is 0.214. The minimum absolute atomic E-state index is 0.0117. The monoisotopic (exact) mass is 381 g/mol. The van der Waals surface area contributed by atoms with Crippen LogP contribution in [0.4, 0.5) is 32.0 Å². The highest BCUT2D eigenvalue weighted by Gasteiger charge is 2.37. The quantitative estimate of drug-likeness (QED) is 0.489. The first-order valence-corrected chi connectivity index (χ1v) is 7.53. The van der Waals surface area contributed by atoms with Crippen molar-refractivity contribution in [3.63, 3.8) is 0 Å². The molecule has 0 aliphatic heterocycles. The molecule has 1 aromatic carbocycles. The highest BCUT2D eigenvalue weighted by atomic mass is 32.2. The van der Waals surface area contributed by atoms with Crippen molar-refractivity contribution in [2.75, 3.05) is 11.1 Å². The molecule has 11 heteroatoms. The molecule has 134 valence electrons. The Balaban J connectivity index is 2.16. The second kappa shape index (κ2) is 7.30. The van der Waals surface area contributed by atoms with E-state index in [0.29, 0.717) is 12.1 Å². The highest BCUT2D eigenvalue weighted by molar-refractivity contribution is 7.99. The molecule has 2 aromatic rings. The molecule has 0 aliphatic carbocycles. The van der Waals surface area contributed by atoms with E-state index in [-0.39, 0.29) is 17.0 Å². The van der Waals surface area contributed by atoms with Gasteiger partial charge in [0.15, 0.2) is 5.16 Å². The Bertz CT molecular complexity index is 716. The maximum absolute atomic E-state index is 12.7. The lowest BCUT2D eigenvalue weighted by atomic mass is 10.1. The smallest absolute Gasteiger partial charge is 0.325 e. The van der Waals surface area contributed by atoms with Gasteiger partial charge in [-0.05, 0) is 24.3 Å². The van der Waals surface area contributed by atoms with Crippen LogP contribution in [0.15, 0.2) is 41.8 Å². The third-order valence-electron chi connectivity index (χ3n) is 2.75. The van der Waals surface area contributed by atoms with E-state index in [2.05, 4.69) is 9.97 Å². The van der Waals surface area contributed by atoms with Crippen LogP contribution in [0, 0.1) is 0 Å². The van der Waals surface area contributed by atoms with Crippen LogP contribution in [0.2, 0.25) is 0 Å². The molecular formula is C14H9F6N3OS. The van der Waals surface area contributed by atoms with Gasteiger partial charge in [-0.3, -0.25) is 4.79 Å². The number of thioether (sulfide) groups is 1. The normalized spacial score (nSPS) is 12.1. The van der Waals surface area contributed by atoms with Crippen molar-refractivity contribution < 1.29 is 31.1 Å². The number of halogens is 6. The van der Waals surface area contributed by atoms with Crippen LogP contribution in [0.3, 0.4) is 0 Å². The number of carbonyl (C=O) groups is 1. The molecule has 0 saturated heterocycles. The maximum Gasteiger partial charge on any atom is 0.416 e. The lowest BCUT2D eigenvalue weighted by molar-refractivity contribution is -0.143. The maximum atomic E-state index is 12.7. The second-order valence-corrected chi connectivity index (χ2v) is 5.61. The lowest BCUT2D eigenvalue weighted by Crippen LogP contribution is -2.17. The van der Waals surface area contributed by atoms with Crippen molar-refractivity contribution >= 4 is 23.4 Å². The Kier molecular flexibility index (Phi) is 5.55. The van der Waals surface area contributed by atoms with E-state index in [1.807, 2.05) is 5.32 Å². The molecule has 0 saturated carbocycles. The second-order valence-electron chi connectivity index (χ2n) is 4.66. The van der Waals surface area contributed by atoms with Crippen LogP contribution in [-0.2, 0) is 17.1 Å². The van der Waals surface area contributed by atoms with Gasteiger partial charge < -0.3 is 5.32 Å². The molecule has 25 heavy (non-hydrogen) atoms. The first-order chi connectivity index (χ1) is 11.6. The van der Waals surface area contributed by atoms with Gasteiger partial charge in [0.2, 0.25) is 5.91 Å². The predicted octanol–water partition coefficient (Wildman–Crippen LogP) is 4.25. The fourth-order valence-electron chi connectivity index (χ4n) is 1.71. The van der Waals surface area contributed by atoms with Crippen molar-refractivity contribution in [1.82, 2.24) is 9.97 Å². The minimum atomic E-state index is -4.98. The number of aromatic nitrogens is 2. The summed E-state index contributed by atoms with van der Waals surface area (Å²) in [7, 11) is 0. The molecule has 0 bridgehead atoms. The van der Waals surface area contributed by atoms with E-state index in [4.69, 9.17) is 0 Å². The molecule has 1 aromatic heterocycles. The van der Waals surface area contributed by atoms with Gasteiger partial charge in [0.25, 0.3) is 0 Å². The Morgan fingerprint density at radius 1 is 0.960 bits per heavy atom. The predicted molar refractivity (Wildman–Crippen MR) is 77.8 cm³/mol. The zero-order valence-corrected chi connectivity index (χ0v) is 13.0. The van der Waals surface area contributed by atoms with Crippen LogP contribution in [0.5, 0.6) is 0 Å². The van der Waals surface area contributed by atoms with Crippen LogP contribution >= 0.6 is 11.8 Å². The van der Waals surface area contributed by atoms with Crippen LogP contribution in [-0.4, -0.2) is 21.6 Å². The third kappa shape index (κ3) is 5.62. The number of hydrogen-bond acceptors (Lipinski definition) is 4. The van der Waals surface area contributed by atoms with Crippen LogP contribution in [0.1, 0.15) is 11.1 Å². The van der Waals surface area contributed by atoms with Gasteiger partial charge in [0, 0.05) is 18.1 Å². The number of carbonyl (C=O) groups excluding carboxylic acids is 1. The number of benzene rings is 1. The van der Waals surface area contributed by atoms with E-state index in [1.54, 1.807) is 6.07 Å². The Labute approximate surface area is 141 Å². The number of anilines is 1. The largest absolute Gasteiger partial charge is 0.416 e. The van der Waals surface area contributed by atoms with Gasteiger partial charge >= 0.3 is 12.4 Å². The number of rotatable bonds is 4. The molecule has 0 radical (unpaired) electrons. The summed E-state index contributed by atoms with van der Waals surface area (Å²) in [5.41, 5.74) is -3.60. The van der Waals surface area contributed by atoms with Crippen molar-refractivity contribution in [3.05, 3.63) is 47.8 Å². The molecule has 1 heterocycles. The van der Waals surface area contributed by atoms with Gasteiger partial charge in [-0.25, -0.2) is 9.97 Å². The summed E-state index contributed by atoms with van der Waals surface area (Å²) in [6.45, 7) is 0. The number of nitrogens with zero attached hydrogens (tertiary/aromatic N) is 2. The number of alkyl halides is 6. The molecule has 2 rings (SSSR count). The first kappa shape index (κ1) is 19.0. The summed E-state index contributed by atoms with van der Waals surface area (Å²) >= 11 is 0.889. The summed E-state index contributed by atoms with van der Waals surface area (Å²) in [4.78, 5) is 19.4. The van der Waals surface area contributed by atoms with E-state index in [0.717, 1.165) is 11.8 Å². The molecular weight excluding hydrogens is 372 g/mol. The zero-order chi connectivity index (χ0) is 18.7. The van der Waals surface area contributed by atoms with Gasteiger partial charge in [-0.1, -0.05) is 11.8 Å². The molecule has 1 amide bonds. The van der Waals surface area contributed by atoms with Crippen LogP contribution < -0.4 is 5.32 Å². The average Bonchev–Trinajstić information content (AvgIpc) is 2.52. The number of hydrogen-bond donors (Lipinski definition) is 1. The Morgan fingerprint density at radius 3 is 1.96 bits per heavy atom. The molecule has 0 spiro atoms. The average molecular weight is 381 g/mol. The molecule has 4 nitrogen and oxygen atoms in total. The summed E-state index contributed by atoms with van der Waals surface area (Å²) < 4.78 is 76.5. The van der Waals surface area contributed by atoms with Gasteiger partial charge in [0.05, 0.1) is 16.9 Å². The lowest BCUT2D eigenvalue weighted by Gasteiger charge is -2.14. The molecule has 0 aliphatic rings. The summed E-state index contributed by atoms with van der Waals surface area (Å²) in [6, 6.07) is 2.42. The molecule has 0 fully saturated rings. The van der Waals surface area contributed by atoms with Crippen molar-refractivity contribution in [2.45, 2.75) is 17.5 Å². The molecule has 1 N–H and O–H groups in total. The van der Waals surface area contributed by atoms with Crippen molar-refractivity contribution in [1.29, 1.82) is 0 Å². The number of nitrogens with one attached hydrogen (secondary N) is 1.